The molecule has 2 nitrogen and oxygen atoms in total. The summed E-state index contributed by atoms with van der Waals surface area (Å²) in [5.41, 5.74) is 6.97. The van der Waals surface area contributed by atoms with Crippen molar-refractivity contribution in [3.05, 3.63) is 63.9 Å². The van der Waals surface area contributed by atoms with Crippen LogP contribution < -0.4 is 11.1 Å². The molecule has 0 aliphatic rings. The molecule has 0 heterocycles. The van der Waals surface area contributed by atoms with E-state index in [2.05, 4.69) is 5.32 Å². The van der Waals surface area contributed by atoms with Crippen LogP contribution in [0.5, 0.6) is 0 Å². The van der Waals surface area contributed by atoms with Crippen molar-refractivity contribution >= 4 is 28.9 Å². The van der Waals surface area contributed by atoms with Crippen LogP contribution in [-0.4, -0.2) is 6.54 Å². The number of anilines is 1. The zero-order chi connectivity index (χ0) is 13.8. The zero-order valence-corrected chi connectivity index (χ0v) is 11.5. The average Bonchev–Trinajstić information content (AvgIpc) is 2.41. The van der Waals surface area contributed by atoms with Crippen molar-refractivity contribution in [1.82, 2.24) is 0 Å². The summed E-state index contributed by atoms with van der Waals surface area (Å²) in [5.74, 6) is -0.332. The molecule has 0 bridgehead atoms. The van der Waals surface area contributed by atoms with Gasteiger partial charge in [0.25, 0.3) is 0 Å². The Bertz CT molecular complexity index is 558. The highest BCUT2D eigenvalue weighted by molar-refractivity contribution is 6.30. The first kappa shape index (κ1) is 14.1. The minimum absolute atomic E-state index is 0.250. The second-order valence-corrected chi connectivity index (χ2v) is 4.98. The van der Waals surface area contributed by atoms with Gasteiger partial charge >= 0.3 is 0 Å². The topological polar surface area (TPSA) is 38.0 Å². The van der Waals surface area contributed by atoms with Gasteiger partial charge in [-0.2, -0.15) is 0 Å². The molecule has 3 N–H and O–H groups in total. The lowest BCUT2D eigenvalue weighted by molar-refractivity contribution is 0.593. The summed E-state index contributed by atoms with van der Waals surface area (Å²) in [5, 5.41) is 4.28. The fourth-order valence-corrected chi connectivity index (χ4v) is 2.10. The quantitative estimate of drug-likeness (QED) is 0.886. The minimum atomic E-state index is -0.347. The summed E-state index contributed by atoms with van der Waals surface area (Å²) < 4.78 is 13.8. The Labute approximate surface area is 121 Å². The smallest absolute Gasteiger partial charge is 0.128 e. The molecule has 1 unspecified atom stereocenters. The first-order valence-electron chi connectivity index (χ1n) is 5.77. The molecule has 2 aromatic carbocycles. The van der Waals surface area contributed by atoms with Crippen LogP contribution in [0.15, 0.2) is 42.5 Å². The van der Waals surface area contributed by atoms with Gasteiger partial charge < -0.3 is 11.1 Å². The van der Waals surface area contributed by atoms with Gasteiger partial charge in [0.2, 0.25) is 0 Å². The number of hydrogen-bond acceptors (Lipinski definition) is 2. The van der Waals surface area contributed by atoms with Crippen molar-refractivity contribution in [3.63, 3.8) is 0 Å². The van der Waals surface area contributed by atoms with Crippen LogP contribution in [-0.2, 0) is 0 Å². The van der Waals surface area contributed by atoms with E-state index in [-0.39, 0.29) is 18.4 Å². The number of nitrogens with two attached hydrogens (primary N) is 1. The summed E-state index contributed by atoms with van der Waals surface area (Å²) >= 11 is 11.7. The van der Waals surface area contributed by atoms with Gasteiger partial charge in [0.05, 0.1) is 6.04 Å². The minimum Gasteiger partial charge on any atom is -0.377 e. The predicted molar refractivity (Wildman–Crippen MR) is 78.3 cm³/mol. The molecular weight excluding hydrogens is 286 g/mol. The van der Waals surface area contributed by atoms with E-state index in [1.807, 2.05) is 12.1 Å². The molecule has 1 atom stereocenters. The van der Waals surface area contributed by atoms with Crippen LogP contribution in [0.4, 0.5) is 10.1 Å². The Morgan fingerprint density at radius 2 is 1.68 bits per heavy atom. The number of benzene rings is 2. The maximum Gasteiger partial charge on any atom is 0.128 e. The van der Waals surface area contributed by atoms with Crippen LogP contribution >= 0.6 is 23.2 Å². The lowest BCUT2D eigenvalue weighted by Crippen LogP contribution is -2.21. The van der Waals surface area contributed by atoms with Crippen molar-refractivity contribution in [2.24, 2.45) is 5.73 Å². The number of rotatable bonds is 4. The Morgan fingerprint density at radius 3 is 2.32 bits per heavy atom. The van der Waals surface area contributed by atoms with Crippen molar-refractivity contribution in [2.75, 3.05) is 11.9 Å². The van der Waals surface area contributed by atoms with Gasteiger partial charge in [0, 0.05) is 27.8 Å². The average molecular weight is 299 g/mol. The van der Waals surface area contributed by atoms with Gasteiger partial charge in [-0.1, -0.05) is 23.2 Å². The van der Waals surface area contributed by atoms with Crippen molar-refractivity contribution < 1.29 is 4.39 Å². The molecule has 5 heteroatoms. The number of halogens is 3. The lowest BCUT2D eigenvalue weighted by Gasteiger charge is -2.19. The molecule has 0 spiro atoms. The maximum absolute atomic E-state index is 13.8. The Balaban J connectivity index is 2.24. The predicted octanol–water partition coefficient (Wildman–Crippen LogP) is 4.24. The normalized spacial score (nSPS) is 12.2. The Kier molecular flexibility index (Phi) is 4.64. The van der Waals surface area contributed by atoms with Crippen molar-refractivity contribution in [3.8, 4) is 0 Å². The van der Waals surface area contributed by atoms with E-state index >= 15 is 0 Å². The molecule has 0 amide bonds. The third-order valence-corrected chi connectivity index (χ3v) is 3.24. The molecule has 0 saturated heterocycles. The summed E-state index contributed by atoms with van der Waals surface area (Å²) in [6.07, 6.45) is 0. The molecule has 0 aliphatic heterocycles. The van der Waals surface area contributed by atoms with E-state index in [4.69, 9.17) is 28.9 Å². The van der Waals surface area contributed by atoms with Crippen LogP contribution in [0.2, 0.25) is 10.0 Å². The summed E-state index contributed by atoms with van der Waals surface area (Å²) in [6.45, 7) is 0.250. The van der Waals surface area contributed by atoms with Crippen LogP contribution in [0.3, 0.4) is 0 Å². The van der Waals surface area contributed by atoms with Gasteiger partial charge in [0.15, 0.2) is 0 Å². The third kappa shape index (κ3) is 3.60. The SMILES string of the molecule is NCC(Nc1ccc(Cl)cc1)c1cc(Cl)ccc1F. The number of nitrogens with one attached hydrogen (secondary N) is 1. The van der Waals surface area contributed by atoms with Gasteiger partial charge in [-0.05, 0) is 42.5 Å². The van der Waals surface area contributed by atoms with E-state index in [0.29, 0.717) is 15.6 Å². The molecule has 2 aromatic rings. The van der Waals surface area contributed by atoms with E-state index in [0.717, 1.165) is 5.69 Å². The van der Waals surface area contributed by atoms with Gasteiger partial charge in [-0.15, -0.1) is 0 Å². The monoisotopic (exact) mass is 298 g/mol. The van der Waals surface area contributed by atoms with Gasteiger partial charge in [-0.3, -0.25) is 0 Å². The maximum atomic E-state index is 13.8. The molecule has 0 aliphatic carbocycles. The third-order valence-electron chi connectivity index (χ3n) is 2.75. The largest absolute Gasteiger partial charge is 0.377 e. The fraction of sp³-hybridized carbons (Fsp3) is 0.143. The highest BCUT2D eigenvalue weighted by Gasteiger charge is 2.14. The fourth-order valence-electron chi connectivity index (χ4n) is 1.79. The van der Waals surface area contributed by atoms with Crippen molar-refractivity contribution in [2.45, 2.75) is 6.04 Å². The van der Waals surface area contributed by atoms with Crippen LogP contribution in [0.1, 0.15) is 11.6 Å². The molecule has 0 fully saturated rings. The molecule has 0 aromatic heterocycles. The molecular formula is C14H13Cl2FN2. The van der Waals surface area contributed by atoms with E-state index in [1.54, 1.807) is 18.2 Å². The highest BCUT2D eigenvalue weighted by atomic mass is 35.5. The summed E-state index contributed by atoms with van der Waals surface area (Å²) in [7, 11) is 0. The Hall–Kier alpha value is -1.29. The van der Waals surface area contributed by atoms with Crippen LogP contribution in [0.25, 0.3) is 0 Å². The van der Waals surface area contributed by atoms with Crippen molar-refractivity contribution in [1.29, 1.82) is 0 Å². The van der Waals surface area contributed by atoms with Crippen LogP contribution in [0, 0.1) is 5.82 Å². The molecule has 0 saturated carbocycles. The second kappa shape index (κ2) is 6.24. The first-order valence-corrected chi connectivity index (χ1v) is 6.53. The molecule has 2 rings (SSSR count). The second-order valence-electron chi connectivity index (χ2n) is 4.11. The Morgan fingerprint density at radius 1 is 1.05 bits per heavy atom. The molecule has 0 radical (unpaired) electrons. The number of hydrogen-bond donors (Lipinski definition) is 2. The molecule has 100 valence electrons. The zero-order valence-electron chi connectivity index (χ0n) is 10.0. The molecule has 19 heavy (non-hydrogen) atoms. The van der Waals surface area contributed by atoms with Gasteiger partial charge in [-0.25, -0.2) is 4.39 Å². The summed E-state index contributed by atoms with van der Waals surface area (Å²) in [6, 6.07) is 11.2. The van der Waals surface area contributed by atoms with E-state index < -0.39 is 0 Å². The first-order chi connectivity index (χ1) is 9.10. The lowest BCUT2D eigenvalue weighted by atomic mass is 10.1. The standard InChI is InChI=1S/C14H13Cl2FN2/c15-9-1-4-11(5-2-9)19-14(8-18)12-7-10(16)3-6-13(12)17/h1-7,14,19H,8,18H2. The van der Waals surface area contributed by atoms with E-state index in [1.165, 1.54) is 12.1 Å². The van der Waals surface area contributed by atoms with E-state index in [9.17, 15) is 4.39 Å². The summed E-state index contributed by atoms with van der Waals surface area (Å²) in [4.78, 5) is 0. The highest BCUT2D eigenvalue weighted by Crippen LogP contribution is 2.25. The van der Waals surface area contributed by atoms with Gasteiger partial charge in [0.1, 0.15) is 5.82 Å².